The van der Waals surface area contributed by atoms with E-state index in [1.165, 1.54) is 17.7 Å². The van der Waals surface area contributed by atoms with Gasteiger partial charge in [0.25, 0.3) is 0 Å². The van der Waals surface area contributed by atoms with Gasteiger partial charge in [-0.25, -0.2) is 9.37 Å². The van der Waals surface area contributed by atoms with Gasteiger partial charge in [-0.05, 0) is 60.4 Å². The number of rotatable bonds is 6. The molecule has 0 aliphatic rings. The Balaban J connectivity index is 1.47. The molecule has 0 atom stereocenters. The number of hydrogen-bond donors (Lipinski definition) is 1. The van der Waals surface area contributed by atoms with Gasteiger partial charge >= 0.3 is 0 Å². The smallest absolute Gasteiger partial charge is 0.123 e. The maximum Gasteiger partial charge on any atom is 0.123 e. The summed E-state index contributed by atoms with van der Waals surface area (Å²) >= 11 is 0. The van der Waals surface area contributed by atoms with Gasteiger partial charge in [-0.2, -0.15) is 0 Å². The van der Waals surface area contributed by atoms with Crippen LogP contribution in [-0.4, -0.2) is 19.5 Å². The molecule has 0 aliphatic carbocycles. The molecule has 0 unspecified atom stereocenters. The number of H-pyrrole nitrogens is 1. The van der Waals surface area contributed by atoms with Gasteiger partial charge in [-0.1, -0.05) is 42.5 Å². The van der Waals surface area contributed by atoms with Crippen molar-refractivity contribution in [3.63, 3.8) is 0 Å². The van der Waals surface area contributed by atoms with Crippen molar-refractivity contribution in [1.82, 2.24) is 19.5 Å². The molecule has 5 heteroatoms. The number of hydrogen-bond acceptors (Lipinski definition) is 2. The van der Waals surface area contributed by atoms with Crippen molar-refractivity contribution in [2.45, 2.75) is 19.4 Å². The lowest BCUT2D eigenvalue weighted by Crippen LogP contribution is -1.98. The molecule has 3 aromatic heterocycles. The Hall–Kier alpha value is -4.25. The molecule has 34 heavy (non-hydrogen) atoms. The summed E-state index contributed by atoms with van der Waals surface area (Å²) in [7, 11) is 0. The molecule has 0 aliphatic heterocycles. The van der Waals surface area contributed by atoms with Crippen molar-refractivity contribution in [2.75, 3.05) is 0 Å². The van der Waals surface area contributed by atoms with Crippen LogP contribution in [0.4, 0.5) is 4.39 Å². The number of imidazole rings is 1. The van der Waals surface area contributed by atoms with E-state index in [0.717, 1.165) is 63.7 Å². The van der Waals surface area contributed by atoms with Crippen molar-refractivity contribution in [3.8, 4) is 22.4 Å². The van der Waals surface area contributed by atoms with Crippen molar-refractivity contribution in [3.05, 3.63) is 109 Å². The Morgan fingerprint density at radius 3 is 2.41 bits per heavy atom. The van der Waals surface area contributed by atoms with Crippen molar-refractivity contribution in [2.24, 2.45) is 0 Å². The summed E-state index contributed by atoms with van der Waals surface area (Å²) in [5, 5.41) is 1.05. The molecular weight excluding hydrogens is 423 g/mol. The summed E-state index contributed by atoms with van der Waals surface area (Å²) in [6.07, 6.45) is 7.56. The number of aromatic amines is 1. The fourth-order valence-corrected chi connectivity index (χ4v) is 4.73. The van der Waals surface area contributed by atoms with E-state index in [1.807, 2.05) is 36.7 Å². The van der Waals surface area contributed by atoms with E-state index in [4.69, 9.17) is 4.98 Å². The van der Waals surface area contributed by atoms with Gasteiger partial charge in [0.1, 0.15) is 5.82 Å². The lowest BCUT2D eigenvalue weighted by Gasteiger charge is -2.07. The molecule has 0 amide bonds. The highest BCUT2D eigenvalue weighted by atomic mass is 19.1. The van der Waals surface area contributed by atoms with Gasteiger partial charge in [-0.3, -0.25) is 4.98 Å². The van der Waals surface area contributed by atoms with Crippen LogP contribution in [0.3, 0.4) is 0 Å². The summed E-state index contributed by atoms with van der Waals surface area (Å²) in [5.74, 6) is -0.248. The zero-order valence-corrected chi connectivity index (χ0v) is 18.6. The Bertz CT molecular complexity index is 1570. The number of nitrogens with one attached hydrogen (secondary N) is 1. The van der Waals surface area contributed by atoms with Gasteiger partial charge in [0.2, 0.25) is 0 Å². The first-order valence-electron chi connectivity index (χ1n) is 11.5. The Labute approximate surface area is 196 Å². The van der Waals surface area contributed by atoms with Gasteiger partial charge in [0.15, 0.2) is 0 Å². The van der Waals surface area contributed by atoms with E-state index in [2.05, 4.69) is 50.9 Å². The van der Waals surface area contributed by atoms with E-state index in [1.54, 1.807) is 12.4 Å². The summed E-state index contributed by atoms with van der Waals surface area (Å²) < 4.78 is 16.0. The van der Waals surface area contributed by atoms with Gasteiger partial charge in [0, 0.05) is 41.0 Å². The Morgan fingerprint density at radius 2 is 1.62 bits per heavy atom. The maximum atomic E-state index is 13.7. The minimum Gasteiger partial charge on any atom is -0.354 e. The fourth-order valence-electron chi connectivity index (χ4n) is 4.73. The van der Waals surface area contributed by atoms with Crippen LogP contribution in [0.2, 0.25) is 0 Å². The summed E-state index contributed by atoms with van der Waals surface area (Å²) in [4.78, 5) is 12.6. The Morgan fingerprint density at radius 1 is 0.824 bits per heavy atom. The van der Waals surface area contributed by atoms with Crippen molar-refractivity contribution in [1.29, 1.82) is 0 Å². The lowest BCUT2D eigenvalue weighted by molar-refractivity contribution is 0.628. The zero-order chi connectivity index (χ0) is 22.9. The van der Waals surface area contributed by atoms with E-state index in [0.29, 0.717) is 0 Å². The normalized spacial score (nSPS) is 11.4. The van der Waals surface area contributed by atoms with Gasteiger partial charge in [0.05, 0.1) is 23.1 Å². The fraction of sp³-hybridized carbons (Fsp3) is 0.103. The maximum absolute atomic E-state index is 13.7. The highest BCUT2D eigenvalue weighted by Crippen LogP contribution is 2.41. The van der Waals surface area contributed by atoms with Gasteiger partial charge < -0.3 is 9.55 Å². The minimum absolute atomic E-state index is 0.248. The second-order valence-corrected chi connectivity index (χ2v) is 8.50. The summed E-state index contributed by atoms with van der Waals surface area (Å²) in [5.41, 5.74) is 8.40. The number of aryl methyl sites for hydroxylation is 2. The quantitative estimate of drug-likeness (QED) is 0.299. The first-order chi connectivity index (χ1) is 16.8. The van der Waals surface area contributed by atoms with E-state index in [9.17, 15) is 4.39 Å². The van der Waals surface area contributed by atoms with Crippen LogP contribution < -0.4 is 0 Å². The predicted octanol–water partition coefficient (Wildman–Crippen LogP) is 7.02. The molecule has 0 fully saturated rings. The predicted molar refractivity (Wildman–Crippen MR) is 135 cm³/mol. The Kier molecular flexibility index (Phi) is 5.15. The third kappa shape index (κ3) is 3.65. The van der Waals surface area contributed by atoms with Crippen LogP contribution in [0.5, 0.6) is 0 Å². The molecule has 0 spiro atoms. The SMILES string of the molecule is Fc1ccc(-c2c(-c3ccncc3)[nH]c3ccc4c(ncn4CCCc4ccccc4)c23)cc1. The largest absolute Gasteiger partial charge is 0.354 e. The molecule has 0 saturated heterocycles. The second-order valence-electron chi connectivity index (χ2n) is 8.50. The van der Waals surface area contributed by atoms with E-state index >= 15 is 0 Å². The minimum atomic E-state index is -0.248. The standard InChI is InChI=1S/C29H23FN4/c30-23-10-8-21(9-11-23)26-27-24(33-28(26)22-14-16-31-17-15-22)12-13-25-29(27)32-19-34(25)18-4-7-20-5-2-1-3-6-20/h1-3,5-6,8-17,19,33H,4,7,18H2. The van der Waals surface area contributed by atoms with Gasteiger partial charge in [-0.15, -0.1) is 0 Å². The molecule has 4 nitrogen and oxygen atoms in total. The van der Waals surface area contributed by atoms with Crippen LogP contribution in [0.1, 0.15) is 12.0 Å². The molecule has 6 rings (SSSR count). The molecule has 166 valence electrons. The molecule has 6 aromatic rings. The topological polar surface area (TPSA) is 46.5 Å². The molecule has 3 heterocycles. The van der Waals surface area contributed by atoms with Crippen molar-refractivity contribution < 1.29 is 4.39 Å². The highest BCUT2D eigenvalue weighted by molar-refractivity contribution is 6.15. The third-order valence-corrected chi connectivity index (χ3v) is 6.36. The molecule has 0 radical (unpaired) electrons. The first-order valence-corrected chi connectivity index (χ1v) is 11.5. The summed E-state index contributed by atoms with van der Waals surface area (Å²) in [6, 6.07) is 25.5. The number of aromatic nitrogens is 4. The molecular formula is C29H23FN4. The van der Waals surface area contributed by atoms with Crippen LogP contribution in [-0.2, 0) is 13.0 Å². The number of halogens is 1. The second kappa shape index (κ2) is 8.60. The number of pyridine rings is 1. The highest BCUT2D eigenvalue weighted by Gasteiger charge is 2.19. The first kappa shape index (κ1) is 20.4. The molecule has 3 aromatic carbocycles. The van der Waals surface area contributed by atoms with Crippen LogP contribution in [0.25, 0.3) is 44.3 Å². The van der Waals surface area contributed by atoms with Crippen LogP contribution in [0.15, 0.2) is 97.6 Å². The molecule has 0 saturated carbocycles. The average Bonchev–Trinajstić information content (AvgIpc) is 3.47. The van der Waals surface area contributed by atoms with Crippen LogP contribution in [0, 0.1) is 5.82 Å². The summed E-state index contributed by atoms with van der Waals surface area (Å²) in [6.45, 7) is 0.893. The molecule has 0 bridgehead atoms. The average molecular weight is 447 g/mol. The van der Waals surface area contributed by atoms with E-state index in [-0.39, 0.29) is 5.82 Å². The number of fused-ring (bicyclic) bond motifs is 3. The molecule has 1 N–H and O–H groups in total. The number of nitrogens with zero attached hydrogens (tertiary/aromatic N) is 3. The number of benzene rings is 3. The lowest BCUT2D eigenvalue weighted by atomic mass is 9.98. The van der Waals surface area contributed by atoms with Crippen LogP contribution >= 0.6 is 0 Å². The van der Waals surface area contributed by atoms with Crippen molar-refractivity contribution >= 4 is 21.9 Å². The van der Waals surface area contributed by atoms with E-state index < -0.39 is 0 Å². The monoisotopic (exact) mass is 446 g/mol. The third-order valence-electron chi connectivity index (χ3n) is 6.36. The zero-order valence-electron chi connectivity index (χ0n) is 18.6.